The third kappa shape index (κ3) is 3.67. The van der Waals surface area contributed by atoms with E-state index < -0.39 is 11.9 Å². The molecule has 0 fully saturated rings. The summed E-state index contributed by atoms with van der Waals surface area (Å²) in [7, 11) is 1.33. The van der Waals surface area contributed by atoms with E-state index in [1.807, 2.05) is 37.3 Å². The molecular weight excluding hydrogens is 433 g/mol. The molecule has 1 heterocycles. The fourth-order valence-corrected chi connectivity index (χ4v) is 4.55. The summed E-state index contributed by atoms with van der Waals surface area (Å²) in [6.45, 7) is 2.11. The summed E-state index contributed by atoms with van der Waals surface area (Å²) in [5.41, 5.74) is 5.39. The second-order valence-corrected chi connectivity index (χ2v) is 8.24. The lowest BCUT2D eigenvalue weighted by atomic mass is 9.80. The van der Waals surface area contributed by atoms with Crippen molar-refractivity contribution in [1.29, 1.82) is 0 Å². The third-order valence-corrected chi connectivity index (χ3v) is 6.19. The molecule has 0 radical (unpaired) electrons. The summed E-state index contributed by atoms with van der Waals surface area (Å²) >= 11 is 0. The van der Waals surface area contributed by atoms with Crippen LogP contribution < -0.4 is 10.1 Å². The van der Waals surface area contributed by atoms with E-state index in [0.29, 0.717) is 34.8 Å². The topological polar surface area (TPSA) is 64.6 Å². The Kier molecular flexibility index (Phi) is 5.49. The Morgan fingerprint density at radius 2 is 1.65 bits per heavy atom. The number of halogens is 1. The monoisotopic (exact) mass is 455 g/mol. The molecule has 6 heteroatoms. The molecule has 1 aliphatic heterocycles. The first-order valence-electron chi connectivity index (χ1n) is 10.9. The number of dihydropyridines is 1. The molecule has 1 N–H and O–H groups in total. The summed E-state index contributed by atoms with van der Waals surface area (Å²) in [4.78, 5) is 26.2. The van der Waals surface area contributed by atoms with Gasteiger partial charge in [0.1, 0.15) is 18.2 Å². The van der Waals surface area contributed by atoms with Gasteiger partial charge in [-0.3, -0.25) is 4.79 Å². The van der Waals surface area contributed by atoms with Crippen LogP contribution in [0.4, 0.5) is 4.39 Å². The largest absolute Gasteiger partial charge is 0.489 e. The predicted octanol–water partition coefficient (Wildman–Crippen LogP) is 5.15. The number of hydrogen-bond acceptors (Lipinski definition) is 5. The van der Waals surface area contributed by atoms with E-state index in [2.05, 4.69) is 5.32 Å². The van der Waals surface area contributed by atoms with E-state index in [9.17, 15) is 14.0 Å². The van der Waals surface area contributed by atoms with E-state index >= 15 is 0 Å². The van der Waals surface area contributed by atoms with Crippen LogP contribution in [0.3, 0.4) is 0 Å². The molecule has 1 aliphatic carbocycles. The first-order chi connectivity index (χ1) is 16.5. The zero-order valence-electron chi connectivity index (χ0n) is 18.7. The van der Waals surface area contributed by atoms with Crippen LogP contribution in [0.5, 0.6) is 5.75 Å². The van der Waals surface area contributed by atoms with Crippen LogP contribution in [-0.4, -0.2) is 18.9 Å². The number of rotatable bonds is 5. The summed E-state index contributed by atoms with van der Waals surface area (Å²) in [5.74, 6) is -0.833. The van der Waals surface area contributed by atoms with Crippen molar-refractivity contribution in [1.82, 2.24) is 5.32 Å². The minimum atomic E-state index is -0.574. The van der Waals surface area contributed by atoms with Gasteiger partial charge < -0.3 is 14.8 Å². The highest BCUT2D eigenvalue weighted by molar-refractivity contribution is 6.23. The third-order valence-electron chi connectivity index (χ3n) is 6.19. The van der Waals surface area contributed by atoms with Gasteiger partial charge in [0.25, 0.3) is 0 Å². The number of carbonyl (C=O) groups excluding carboxylic acids is 2. The van der Waals surface area contributed by atoms with Crippen LogP contribution in [0, 0.1) is 5.82 Å². The number of esters is 1. The molecule has 1 atom stereocenters. The number of nitrogens with one attached hydrogen (secondary N) is 1. The molecule has 2 aliphatic rings. The molecule has 5 rings (SSSR count). The Morgan fingerprint density at radius 1 is 0.971 bits per heavy atom. The molecule has 0 saturated heterocycles. The molecule has 0 amide bonds. The van der Waals surface area contributed by atoms with Crippen LogP contribution >= 0.6 is 0 Å². The number of ketones is 1. The van der Waals surface area contributed by atoms with E-state index in [1.165, 1.54) is 19.2 Å². The van der Waals surface area contributed by atoms with Gasteiger partial charge in [0.15, 0.2) is 5.78 Å². The molecule has 0 aromatic heterocycles. The second-order valence-electron chi connectivity index (χ2n) is 8.24. The number of ether oxygens (including phenoxy) is 2. The molecule has 3 aromatic rings. The Balaban J connectivity index is 1.49. The van der Waals surface area contributed by atoms with Crippen molar-refractivity contribution in [3.63, 3.8) is 0 Å². The molecule has 170 valence electrons. The van der Waals surface area contributed by atoms with Crippen molar-refractivity contribution in [3.8, 4) is 5.75 Å². The van der Waals surface area contributed by atoms with Crippen LogP contribution in [-0.2, 0) is 16.1 Å². The first kappa shape index (κ1) is 21.6. The average Bonchev–Trinajstić information content (AvgIpc) is 3.14. The van der Waals surface area contributed by atoms with Gasteiger partial charge in [0, 0.05) is 28.3 Å². The molecule has 34 heavy (non-hydrogen) atoms. The summed E-state index contributed by atoms with van der Waals surface area (Å²) in [6, 6.07) is 20.9. The zero-order chi connectivity index (χ0) is 23.8. The number of allylic oxidation sites excluding steroid dienone is 2. The normalized spacial score (nSPS) is 16.7. The standard InChI is InChI=1S/C28H22FNO4/c1-16-23(28(32)33-2)24(25-26(30-16)21-5-3-4-6-22(21)27(25)31)18-9-13-20(14-10-18)34-15-17-7-11-19(29)12-8-17/h3-14,24,30H,15H2,1-2H3. The van der Waals surface area contributed by atoms with Gasteiger partial charge >= 0.3 is 5.97 Å². The highest BCUT2D eigenvalue weighted by Crippen LogP contribution is 2.46. The molecule has 1 unspecified atom stereocenters. The fraction of sp³-hybridized carbons (Fsp3) is 0.143. The summed E-state index contributed by atoms with van der Waals surface area (Å²) < 4.78 is 24.0. The minimum Gasteiger partial charge on any atom is -0.489 e. The average molecular weight is 455 g/mol. The molecular formula is C28H22FNO4. The summed E-state index contributed by atoms with van der Waals surface area (Å²) in [6.07, 6.45) is 0. The van der Waals surface area contributed by atoms with Gasteiger partial charge in [-0.1, -0.05) is 48.5 Å². The quantitative estimate of drug-likeness (QED) is 0.540. The van der Waals surface area contributed by atoms with Crippen LogP contribution in [0.15, 0.2) is 89.6 Å². The van der Waals surface area contributed by atoms with E-state index in [4.69, 9.17) is 9.47 Å². The highest BCUT2D eigenvalue weighted by Gasteiger charge is 2.42. The van der Waals surface area contributed by atoms with Gasteiger partial charge in [-0.05, 0) is 42.3 Å². The van der Waals surface area contributed by atoms with Crippen molar-refractivity contribution in [2.45, 2.75) is 19.4 Å². The number of benzene rings is 3. The number of hydrogen-bond donors (Lipinski definition) is 1. The lowest BCUT2D eigenvalue weighted by Gasteiger charge is -2.29. The first-order valence-corrected chi connectivity index (χ1v) is 10.9. The molecule has 0 saturated carbocycles. The van der Waals surface area contributed by atoms with Crippen LogP contribution in [0.25, 0.3) is 5.70 Å². The number of methoxy groups -OCH3 is 1. The SMILES string of the molecule is COC(=O)C1=C(C)NC2=C(C(=O)c3ccccc32)C1c1ccc(OCc2ccc(F)cc2)cc1. The van der Waals surface area contributed by atoms with Gasteiger partial charge in [-0.25, -0.2) is 9.18 Å². The van der Waals surface area contributed by atoms with Gasteiger partial charge in [-0.2, -0.15) is 0 Å². The van der Waals surface area contributed by atoms with Crippen molar-refractivity contribution < 1.29 is 23.5 Å². The lowest BCUT2D eigenvalue weighted by molar-refractivity contribution is -0.136. The Bertz CT molecular complexity index is 1350. The van der Waals surface area contributed by atoms with Crippen molar-refractivity contribution in [3.05, 3.63) is 118 Å². The number of carbonyl (C=O) groups is 2. The lowest BCUT2D eigenvalue weighted by Crippen LogP contribution is -2.29. The van der Waals surface area contributed by atoms with Crippen molar-refractivity contribution in [2.75, 3.05) is 7.11 Å². The minimum absolute atomic E-state index is 0.103. The summed E-state index contributed by atoms with van der Waals surface area (Å²) in [5, 5.41) is 3.27. The van der Waals surface area contributed by atoms with Crippen molar-refractivity contribution >= 4 is 17.4 Å². The molecule has 0 spiro atoms. The maximum atomic E-state index is 13.4. The Morgan fingerprint density at radius 3 is 2.32 bits per heavy atom. The Hall–Kier alpha value is -4.19. The zero-order valence-corrected chi connectivity index (χ0v) is 18.7. The second kappa shape index (κ2) is 8.63. The van der Waals surface area contributed by atoms with Crippen LogP contribution in [0.2, 0.25) is 0 Å². The van der Waals surface area contributed by atoms with Crippen LogP contribution in [0.1, 0.15) is 39.9 Å². The molecule has 0 bridgehead atoms. The van der Waals surface area contributed by atoms with Gasteiger partial charge in [0.05, 0.1) is 18.4 Å². The fourth-order valence-electron chi connectivity index (χ4n) is 4.55. The maximum Gasteiger partial charge on any atom is 0.336 e. The predicted molar refractivity (Wildman–Crippen MR) is 125 cm³/mol. The highest BCUT2D eigenvalue weighted by atomic mass is 19.1. The van der Waals surface area contributed by atoms with E-state index in [0.717, 1.165) is 22.4 Å². The molecule has 5 nitrogen and oxygen atoms in total. The Labute approximate surface area is 196 Å². The smallest absolute Gasteiger partial charge is 0.336 e. The number of Topliss-reactive ketones (excluding diaryl/α,β-unsaturated/α-hetero) is 1. The molecule has 3 aromatic carbocycles. The van der Waals surface area contributed by atoms with Crippen molar-refractivity contribution in [2.24, 2.45) is 0 Å². The van der Waals surface area contributed by atoms with E-state index in [1.54, 1.807) is 30.3 Å². The van der Waals surface area contributed by atoms with Gasteiger partial charge in [-0.15, -0.1) is 0 Å². The van der Waals surface area contributed by atoms with Gasteiger partial charge in [0.2, 0.25) is 0 Å². The van der Waals surface area contributed by atoms with E-state index in [-0.39, 0.29) is 11.6 Å². The maximum absolute atomic E-state index is 13.4. The number of fused-ring (bicyclic) bond motifs is 2.